The van der Waals surface area contributed by atoms with Crippen LogP contribution in [0.15, 0.2) is 154 Å². The molecule has 2 atom stereocenters. The standard InChI is InChI=1S/C25H19ClFNO5.C25H19F2NO5/c26-21-4-2-1-3-20(21)16-7-10-23-17(12-16)13-19(33-23)14-32-25(31)28-22(24(29)30)11-15-5-8-18(27)9-6-15;26-18-8-5-15(6-9-18)11-22(24(29)30)28-25(31)32-14-19-13-17-12-16(7-10-23(17)33-19)20-3-1-2-4-21(20)27/h2*1-10,12-13,22H,11,14H2,(H,28,31)(H,29,30). The number of aliphatic carboxylic acids is 2. The van der Waals surface area contributed by atoms with Gasteiger partial charge in [0.25, 0.3) is 0 Å². The van der Waals surface area contributed by atoms with Crippen LogP contribution in [0, 0.1) is 17.5 Å². The SMILES string of the molecule is O=C(NC(Cc1ccc(F)cc1)C(=O)O)OCc1cc2cc(-c3ccccc3Cl)ccc2o1.O=C(NC(Cc1ccc(F)cc1)C(=O)O)OCc1cc2cc(-c3ccccc3F)ccc2o1. The predicted octanol–water partition coefficient (Wildman–Crippen LogP) is 11.1. The van der Waals surface area contributed by atoms with Crippen molar-refractivity contribution >= 4 is 57.7 Å². The molecule has 12 nitrogen and oxygen atoms in total. The molecule has 0 aliphatic carbocycles. The van der Waals surface area contributed by atoms with E-state index >= 15 is 0 Å². The van der Waals surface area contributed by atoms with E-state index in [4.69, 9.17) is 29.9 Å². The van der Waals surface area contributed by atoms with Crippen LogP contribution in [-0.2, 0) is 45.1 Å². The summed E-state index contributed by atoms with van der Waals surface area (Å²) in [4.78, 5) is 47.3. The molecule has 2 aromatic heterocycles. The molecule has 16 heteroatoms. The van der Waals surface area contributed by atoms with Crippen molar-refractivity contribution in [1.82, 2.24) is 10.6 Å². The number of fused-ring (bicyclic) bond motifs is 2. The lowest BCUT2D eigenvalue weighted by Gasteiger charge is -2.14. The number of hydrogen-bond donors (Lipinski definition) is 4. The lowest BCUT2D eigenvalue weighted by Crippen LogP contribution is -2.42. The van der Waals surface area contributed by atoms with Crippen LogP contribution < -0.4 is 10.6 Å². The number of carbonyl (C=O) groups is 4. The third-order valence-corrected chi connectivity index (χ3v) is 10.4. The zero-order valence-electron chi connectivity index (χ0n) is 34.5. The fraction of sp³-hybridized carbons (Fsp3) is 0.120. The topological polar surface area (TPSA) is 178 Å². The maximum absolute atomic E-state index is 14.1. The summed E-state index contributed by atoms with van der Waals surface area (Å²) in [7, 11) is 0. The second-order valence-electron chi connectivity index (χ2n) is 14.8. The van der Waals surface area contributed by atoms with E-state index in [0.29, 0.717) is 55.3 Å². The Kier molecular flexibility index (Phi) is 14.7. The number of amides is 2. The molecule has 66 heavy (non-hydrogen) atoms. The Bertz CT molecular complexity index is 2810. The zero-order valence-corrected chi connectivity index (χ0v) is 35.3. The van der Waals surface area contributed by atoms with E-state index in [-0.39, 0.29) is 31.9 Å². The number of carboxylic acids is 2. The minimum atomic E-state index is -1.25. The molecule has 0 aliphatic heterocycles. The zero-order chi connectivity index (χ0) is 46.7. The van der Waals surface area contributed by atoms with Gasteiger partial charge in [-0.2, -0.15) is 0 Å². The van der Waals surface area contributed by atoms with Gasteiger partial charge in [-0.25, -0.2) is 32.3 Å². The normalized spacial score (nSPS) is 11.8. The van der Waals surface area contributed by atoms with E-state index in [1.807, 2.05) is 36.4 Å². The van der Waals surface area contributed by atoms with E-state index in [0.717, 1.165) is 16.5 Å². The highest BCUT2D eigenvalue weighted by Crippen LogP contribution is 2.32. The van der Waals surface area contributed by atoms with Crippen LogP contribution in [0.2, 0.25) is 5.02 Å². The van der Waals surface area contributed by atoms with Crippen LogP contribution in [0.25, 0.3) is 44.2 Å². The first-order chi connectivity index (χ1) is 31.8. The van der Waals surface area contributed by atoms with Crippen molar-refractivity contribution in [2.75, 3.05) is 0 Å². The summed E-state index contributed by atoms with van der Waals surface area (Å²) >= 11 is 6.28. The number of halogens is 4. The van der Waals surface area contributed by atoms with Gasteiger partial charge in [0.15, 0.2) is 13.2 Å². The number of benzene rings is 6. The molecule has 2 heterocycles. The molecular formula is C50H38ClF3N2O10. The molecule has 8 aromatic rings. The molecule has 0 saturated carbocycles. The highest BCUT2D eigenvalue weighted by Gasteiger charge is 2.23. The van der Waals surface area contributed by atoms with Gasteiger partial charge in [-0.1, -0.05) is 84.4 Å². The Morgan fingerprint density at radius 1 is 0.545 bits per heavy atom. The Balaban J connectivity index is 0.000000196. The van der Waals surface area contributed by atoms with Crippen molar-refractivity contribution in [3.8, 4) is 22.3 Å². The van der Waals surface area contributed by atoms with Crippen molar-refractivity contribution in [3.63, 3.8) is 0 Å². The molecule has 0 spiro atoms. The van der Waals surface area contributed by atoms with E-state index in [1.165, 1.54) is 54.6 Å². The van der Waals surface area contributed by atoms with E-state index in [2.05, 4.69) is 10.6 Å². The van der Waals surface area contributed by atoms with Gasteiger partial charge in [-0.05, 0) is 95.1 Å². The van der Waals surface area contributed by atoms with Gasteiger partial charge in [0.2, 0.25) is 0 Å². The van der Waals surface area contributed by atoms with Crippen molar-refractivity contribution in [2.45, 2.75) is 38.1 Å². The predicted molar refractivity (Wildman–Crippen MR) is 238 cm³/mol. The van der Waals surface area contributed by atoms with Crippen molar-refractivity contribution < 1.29 is 60.9 Å². The summed E-state index contributed by atoms with van der Waals surface area (Å²) in [6.45, 7) is -0.400. The fourth-order valence-electron chi connectivity index (χ4n) is 6.82. The molecule has 0 saturated heterocycles. The second kappa shape index (κ2) is 21.1. The van der Waals surface area contributed by atoms with Gasteiger partial charge >= 0.3 is 24.1 Å². The molecule has 0 radical (unpaired) electrons. The third-order valence-electron chi connectivity index (χ3n) is 10.1. The van der Waals surface area contributed by atoms with Gasteiger partial charge in [0.05, 0.1) is 0 Å². The Morgan fingerprint density at radius 2 is 0.970 bits per heavy atom. The molecule has 0 fully saturated rings. The van der Waals surface area contributed by atoms with Crippen LogP contribution in [0.4, 0.5) is 22.8 Å². The van der Waals surface area contributed by atoms with Gasteiger partial charge in [-0.15, -0.1) is 0 Å². The van der Waals surface area contributed by atoms with Crippen LogP contribution in [0.5, 0.6) is 0 Å². The van der Waals surface area contributed by atoms with Crippen LogP contribution in [0.3, 0.4) is 0 Å². The first-order valence-electron chi connectivity index (χ1n) is 20.1. The van der Waals surface area contributed by atoms with Crippen LogP contribution in [-0.4, -0.2) is 46.4 Å². The number of alkyl carbamates (subject to hydrolysis) is 2. The molecule has 0 bridgehead atoms. The molecule has 336 valence electrons. The number of rotatable bonds is 14. The quantitative estimate of drug-likeness (QED) is 0.0821. The fourth-order valence-corrected chi connectivity index (χ4v) is 7.06. The average molecular weight is 919 g/mol. The van der Waals surface area contributed by atoms with Crippen molar-refractivity contribution in [1.29, 1.82) is 0 Å². The van der Waals surface area contributed by atoms with Gasteiger partial charge in [0.1, 0.15) is 52.2 Å². The van der Waals surface area contributed by atoms with Crippen LogP contribution in [0.1, 0.15) is 22.6 Å². The van der Waals surface area contributed by atoms with E-state index < -0.39 is 47.8 Å². The number of nitrogens with one attached hydrogen (secondary N) is 2. The summed E-state index contributed by atoms with van der Waals surface area (Å²) in [5.41, 5.74) is 5.21. The second-order valence-corrected chi connectivity index (χ2v) is 15.2. The van der Waals surface area contributed by atoms with Crippen molar-refractivity contribution in [3.05, 3.63) is 191 Å². The minimum absolute atomic E-state index is 0.0137. The number of hydrogen-bond acceptors (Lipinski definition) is 8. The first-order valence-corrected chi connectivity index (χ1v) is 20.5. The summed E-state index contributed by atoms with van der Waals surface area (Å²) in [6.07, 6.45) is -1.88. The molecule has 2 unspecified atom stereocenters. The van der Waals surface area contributed by atoms with E-state index in [9.17, 15) is 42.6 Å². The number of furan rings is 2. The molecule has 0 aliphatic rings. The monoisotopic (exact) mass is 918 g/mol. The highest BCUT2D eigenvalue weighted by molar-refractivity contribution is 6.33. The van der Waals surface area contributed by atoms with Gasteiger partial charge in [0, 0.05) is 39.8 Å². The molecular weight excluding hydrogens is 881 g/mol. The summed E-state index contributed by atoms with van der Waals surface area (Å²) in [5.74, 6) is -2.94. The molecule has 4 N–H and O–H groups in total. The average Bonchev–Trinajstić information content (AvgIpc) is 3.92. The highest BCUT2D eigenvalue weighted by atomic mass is 35.5. The first kappa shape index (κ1) is 46.0. The van der Waals surface area contributed by atoms with Gasteiger partial charge in [-0.3, -0.25) is 0 Å². The van der Waals surface area contributed by atoms with Gasteiger partial charge < -0.3 is 39.2 Å². The lowest BCUT2D eigenvalue weighted by atomic mass is 10.0. The Labute approximate surface area is 379 Å². The van der Waals surface area contributed by atoms with Crippen molar-refractivity contribution in [2.24, 2.45) is 0 Å². The van der Waals surface area contributed by atoms with Crippen LogP contribution >= 0.6 is 11.6 Å². The lowest BCUT2D eigenvalue weighted by molar-refractivity contribution is -0.140. The molecule has 2 amide bonds. The number of carboxylic acid groups (broad SMARTS) is 2. The Hall–Kier alpha value is -8.04. The molecule has 8 rings (SSSR count). The summed E-state index contributed by atoms with van der Waals surface area (Å²) < 4.78 is 61.7. The molecule has 6 aromatic carbocycles. The third kappa shape index (κ3) is 12.1. The summed E-state index contributed by atoms with van der Waals surface area (Å²) in [6, 6.07) is 36.4. The minimum Gasteiger partial charge on any atom is -0.480 e. The maximum Gasteiger partial charge on any atom is 0.408 e. The number of carbonyl (C=O) groups excluding carboxylic acids is 2. The number of ether oxygens (including phenoxy) is 2. The Morgan fingerprint density at radius 3 is 1.41 bits per heavy atom. The largest absolute Gasteiger partial charge is 0.480 e. The van der Waals surface area contributed by atoms with E-state index in [1.54, 1.807) is 54.6 Å². The maximum atomic E-state index is 14.1. The smallest absolute Gasteiger partial charge is 0.408 e. The summed E-state index contributed by atoms with van der Waals surface area (Å²) in [5, 5.41) is 25.5.